The van der Waals surface area contributed by atoms with Crippen LogP contribution in [0.25, 0.3) is 0 Å². The molecule has 1 amide bonds. The summed E-state index contributed by atoms with van der Waals surface area (Å²) in [5, 5.41) is 12.0. The first-order chi connectivity index (χ1) is 12.1. The number of piperidine rings is 1. The first kappa shape index (κ1) is 15.7. The molecule has 4 nitrogen and oxygen atoms in total. The Balaban J connectivity index is 1.65. The molecule has 25 heavy (non-hydrogen) atoms. The minimum atomic E-state index is -0.784. The Labute approximate surface area is 149 Å². The van der Waals surface area contributed by atoms with Gasteiger partial charge in [-0.15, -0.1) is 0 Å². The fourth-order valence-electron chi connectivity index (χ4n) is 5.95. The smallest absolute Gasteiger partial charge is 0.226 e. The largest absolute Gasteiger partial charge is 0.497 e. The summed E-state index contributed by atoms with van der Waals surface area (Å²) in [6, 6.07) is 6.27. The van der Waals surface area contributed by atoms with Gasteiger partial charge in [0.1, 0.15) is 5.75 Å². The Morgan fingerprint density at radius 2 is 2.04 bits per heavy atom. The zero-order valence-corrected chi connectivity index (χ0v) is 15.0. The minimum Gasteiger partial charge on any atom is -0.497 e. The number of hydrogen-bond acceptors (Lipinski definition) is 3. The molecule has 1 N–H and O–H groups in total. The number of methoxy groups -OCH3 is 1. The molecule has 3 fully saturated rings. The number of benzene rings is 1. The molecule has 0 radical (unpaired) electrons. The van der Waals surface area contributed by atoms with Gasteiger partial charge in [0.2, 0.25) is 5.91 Å². The molecule has 5 rings (SSSR count). The lowest BCUT2D eigenvalue weighted by Gasteiger charge is -2.63. The molecule has 3 aliphatic carbocycles. The van der Waals surface area contributed by atoms with E-state index in [4.69, 9.17) is 4.74 Å². The number of fused-ring (bicyclic) bond motifs is 1. The second-order valence-electron chi connectivity index (χ2n) is 8.51. The van der Waals surface area contributed by atoms with E-state index in [0.29, 0.717) is 0 Å². The standard InChI is InChI=1S/C21H27NO3/c1-25-16-7-6-15-12-18-21(24)9-3-2-8-20(21,17(15)13-16)10-11-22(18)19(23)14-4-5-14/h6-7,13-14,18,24H,2-5,8-12H2,1H3/t18-,20+,21?/m1/s1. The average Bonchev–Trinajstić information content (AvgIpc) is 3.46. The van der Waals surface area contributed by atoms with Gasteiger partial charge >= 0.3 is 0 Å². The molecule has 1 unspecified atom stereocenters. The summed E-state index contributed by atoms with van der Waals surface area (Å²) in [6.45, 7) is 0.791. The predicted octanol–water partition coefficient (Wildman–Crippen LogP) is 2.81. The van der Waals surface area contributed by atoms with Crippen molar-refractivity contribution >= 4 is 5.91 Å². The van der Waals surface area contributed by atoms with Crippen molar-refractivity contribution in [3.05, 3.63) is 29.3 Å². The number of carbonyl (C=O) groups is 1. The van der Waals surface area contributed by atoms with Crippen LogP contribution in [-0.2, 0) is 16.6 Å². The summed E-state index contributed by atoms with van der Waals surface area (Å²) < 4.78 is 5.48. The van der Waals surface area contributed by atoms with E-state index in [1.807, 2.05) is 6.07 Å². The molecule has 4 aliphatic rings. The van der Waals surface area contributed by atoms with E-state index >= 15 is 0 Å². The van der Waals surface area contributed by atoms with E-state index in [0.717, 1.165) is 63.7 Å². The molecule has 134 valence electrons. The van der Waals surface area contributed by atoms with Gasteiger partial charge in [-0.1, -0.05) is 18.9 Å². The normalized spacial score (nSPS) is 36.4. The summed E-state index contributed by atoms with van der Waals surface area (Å²) in [7, 11) is 1.70. The molecule has 1 aliphatic heterocycles. The van der Waals surface area contributed by atoms with Crippen molar-refractivity contribution in [2.24, 2.45) is 5.92 Å². The van der Waals surface area contributed by atoms with Gasteiger partial charge < -0.3 is 14.7 Å². The molecule has 2 bridgehead atoms. The number of likely N-dealkylation sites (tertiary alicyclic amines) is 1. The van der Waals surface area contributed by atoms with E-state index in [9.17, 15) is 9.90 Å². The number of hydrogen-bond donors (Lipinski definition) is 1. The van der Waals surface area contributed by atoms with Crippen LogP contribution in [0.15, 0.2) is 18.2 Å². The van der Waals surface area contributed by atoms with Gasteiger partial charge in [0, 0.05) is 17.9 Å². The third kappa shape index (κ3) is 2.00. The lowest BCUT2D eigenvalue weighted by atomic mass is 9.49. The lowest BCUT2D eigenvalue weighted by Crippen LogP contribution is -2.73. The van der Waals surface area contributed by atoms with Gasteiger partial charge in [0.05, 0.1) is 18.8 Å². The average molecular weight is 341 g/mol. The van der Waals surface area contributed by atoms with Crippen LogP contribution in [0.2, 0.25) is 0 Å². The van der Waals surface area contributed by atoms with E-state index in [2.05, 4.69) is 17.0 Å². The predicted molar refractivity (Wildman–Crippen MR) is 94.6 cm³/mol. The molecule has 4 heteroatoms. The molecular formula is C21H27NO3. The zero-order chi connectivity index (χ0) is 17.2. The van der Waals surface area contributed by atoms with Crippen molar-refractivity contribution in [3.63, 3.8) is 0 Å². The second-order valence-corrected chi connectivity index (χ2v) is 8.51. The second kappa shape index (κ2) is 5.23. The Morgan fingerprint density at radius 1 is 1.24 bits per heavy atom. The monoisotopic (exact) mass is 341 g/mol. The quantitative estimate of drug-likeness (QED) is 0.900. The third-order valence-electron chi connectivity index (χ3n) is 7.40. The van der Waals surface area contributed by atoms with E-state index in [1.165, 1.54) is 11.1 Å². The molecular weight excluding hydrogens is 314 g/mol. The minimum absolute atomic E-state index is 0.0597. The number of rotatable bonds is 2. The van der Waals surface area contributed by atoms with Crippen molar-refractivity contribution in [2.45, 2.75) is 68.4 Å². The van der Waals surface area contributed by atoms with Crippen molar-refractivity contribution in [1.82, 2.24) is 4.90 Å². The van der Waals surface area contributed by atoms with E-state index in [-0.39, 0.29) is 23.3 Å². The van der Waals surface area contributed by atoms with Crippen molar-refractivity contribution in [3.8, 4) is 5.75 Å². The van der Waals surface area contributed by atoms with Crippen molar-refractivity contribution < 1.29 is 14.6 Å². The molecule has 1 heterocycles. The lowest BCUT2D eigenvalue weighted by molar-refractivity contribution is -0.179. The fourth-order valence-corrected chi connectivity index (χ4v) is 5.95. The van der Waals surface area contributed by atoms with Gasteiger partial charge in [-0.2, -0.15) is 0 Å². The van der Waals surface area contributed by atoms with Crippen LogP contribution in [0.1, 0.15) is 56.1 Å². The molecule has 2 saturated carbocycles. The highest BCUT2D eigenvalue weighted by Gasteiger charge is 2.64. The maximum atomic E-state index is 12.9. The van der Waals surface area contributed by atoms with E-state index in [1.54, 1.807) is 7.11 Å². The van der Waals surface area contributed by atoms with Crippen LogP contribution in [0.3, 0.4) is 0 Å². The highest BCUT2D eigenvalue weighted by molar-refractivity contribution is 5.82. The fraction of sp³-hybridized carbons (Fsp3) is 0.667. The summed E-state index contributed by atoms with van der Waals surface area (Å²) in [5.74, 6) is 1.38. The maximum Gasteiger partial charge on any atom is 0.226 e. The topological polar surface area (TPSA) is 49.8 Å². The number of nitrogens with zero attached hydrogens (tertiary/aromatic N) is 1. The number of amides is 1. The van der Waals surface area contributed by atoms with Gasteiger partial charge in [0.25, 0.3) is 0 Å². The summed E-state index contributed by atoms with van der Waals surface area (Å²) in [6.07, 6.45) is 7.74. The number of aliphatic hydroxyl groups is 1. The first-order valence-corrected chi connectivity index (χ1v) is 9.79. The third-order valence-corrected chi connectivity index (χ3v) is 7.40. The Hall–Kier alpha value is -1.55. The van der Waals surface area contributed by atoms with Crippen LogP contribution in [0, 0.1) is 5.92 Å². The van der Waals surface area contributed by atoms with Gasteiger partial charge in [-0.3, -0.25) is 4.79 Å². The van der Waals surface area contributed by atoms with Crippen LogP contribution in [0.5, 0.6) is 5.75 Å². The Morgan fingerprint density at radius 3 is 2.80 bits per heavy atom. The van der Waals surface area contributed by atoms with Crippen LogP contribution in [-0.4, -0.2) is 41.2 Å². The SMILES string of the molecule is COc1ccc2c(c1)[C@@]13CCCCC1(O)[C@@H](C2)N(C(=O)C1CC1)CC3. The molecule has 1 saturated heterocycles. The molecule has 1 aromatic rings. The van der Waals surface area contributed by atoms with Crippen LogP contribution in [0.4, 0.5) is 0 Å². The van der Waals surface area contributed by atoms with Gasteiger partial charge in [-0.25, -0.2) is 0 Å². The zero-order valence-electron chi connectivity index (χ0n) is 15.0. The highest BCUT2D eigenvalue weighted by Crippen LogP contribution is 2.58. The Bertz CT molecular complexity index is 728. The van der Waals surface area contributed by atoms with Gasteiger partial charge in [-0.05, 0) is 61.8 Å². The molecule has 1 aromatic carbocycles. The maximum absolute atomic E-state index is 12.9. The summed E-state index contributed by atoms with van der Waals surface area (Å²) in [4.78, 5) is 14.9. The van der Waals surface area contributed by atoms with Crippen molar-refractivity contribution in [2.75, 3.05) is 13.7 Å². The summed E-state index contributed by atoms with van der Waals surface area (Å²) in [5.41, 5.74) is 1.58. The Kier molecular flexibility index (Phi) is 3.28. The van der Waals surface area contributed by atoms with Crippen LogP contribution >= 0.6 is 0 Å². The van der Waals surface area contributed by atoms with E-state index < -0.39 is 5.60 Å². The highest BCUT2D eigenvalue weighted by atomic mass is 16.5. The number of carbonyl (C=O) groups excluding carboxylic acids is 1. The first-order valence-electron chi connectivity index (χ1n) is 9.79. The van der Waals surface area contributed by atoms with Gasteiger partial charge in [0.15, 0.2) is 0 Å². The van der Waals surface area contributed by atoms with Crippen LogP contribution < -0.4 is 4.74 Å². The summed E-state index contributed by atoms with van der Waals surface area (Å²) >= 11 is 0. The number of ether oxygens (including phenoxy) is 1. The van der Waals surface area contributed by atoms with Crippen molar-refractivity contribution in [1.29, 1.82) is 0 Å². The molecule has 0 aromatic heterocycles. The molecule has 0 spiro atoms. The molecule has 3 atom stereocenters.